The van der Waals surface area contributed by atoms with Crippen LogP contribution >= 0.6 is 0 Å². The van der Waals surface area contributed by atoms with Gasteiger partial charge in [0, 0.05) is 18.4 Å². The first kappa shape index (κ1) is 14.5. The number of rotatable bonds is 5. The fraction of sp³-hybridized carbons (Fsp3) is 0.867. The molecule has 2 N–H and O–H groups in total. The first-order valence-corrected chi connectivity index (χ1v) is 7.73. The molecule has 4 nitrogen and oxygen atoms in total. The third kappa shape index (κ3) is 4.60. The molecule has 1 aliphatic rings. The van der Waals surface area contributed by atoms with Gasteiger partial charge in [-0.05, 0) is 25.2 Å². The monoisotopic (exact) mass is 265 g/mol. The van der Waals surface area contributed by atoms with E-state index in [4.69, 9.17) is 10.3 Å². The number of hydrogen-bond acceptors (Lipinski definition) is 4. The number of aromatic nitrogens is 2. The quantitative estimate of drug-likeness (QED) is 0.828. The molecule has 1 unspecified atom stereocenters. The zero-order valence-corrected chi connectivity index (χ0v) is 12.3. The van der Waals surface area contributed by atoms with Crippen LogP contribution in [-0.4, -0.2) is 16.2 Å². The van der Waals surface area contributed by atoms with Crippen molar-refractivity contribution < 1.29 is 4.52 Å². The van der Waals surface area contributed by atoms with Gasteiger partial charge in [-0.25, -0.2) is 0 Å². The summed E-state index contributed by atoms with van der Waals surface area (Å²) in [7, 11) is 0. The van der Waals surface area contributed by atoms with Crippen LogP contribution in [0, 0.1) is 5.92 Å². The van der Waals surface area contributed by atoms with E-state index in [0.29, 0.717) is 24.1 Å². The van der Waals surface area contributed by atoms with Crippen LogP contribution in [0.4, 0.5) is 0 Å². The molecular formula is C15H27N3O. The molecule has 2 rings (SSSR count). The van der Waals surface area contributed by atoms with Gasteiger partial charge >= 0.3 is 0 Å². The van der Waals surface area contributed by atoms with E-state index in [-0.39, 0.29) is 6.04 Å². The molecule has 0 bridgehead atoms. The number of nitrogens with zero attached hydrogens (tertiary/aromatic N) is 2. The highest BCUT2D eigenvalue weighted by atomic mass is 16.5. The summed E-state index contributed by atoms with van der Waals surface area (Å²) in [6.45, 7) is 4.37. The molecule has 4 heteroatoms. The summed E-state index contributed by atoms with van der Waals surface area (Å²) in [5.41, 5.74) is 6.09. The van der Waals surface area contributed by atoms with Gasteiger partial charge in [0.1, 0.15) is 0 Å². The Balaban J connectivity index is 1.90. The van der Waals surface area contributed by atoms with E-state index < -0.39 is 0 Å². The highest BCUT2D eigenvalue weighted by Crippen LogP contribution is 2.29. The second kappa shape index (κ2) is 7.04. The Morgan fingerprint density at radius 3 is 2.53 bits per heavy atom. The maximum absolute atomic E-state index is 6.09. The van der Waals surface area contributed by atoms with Gasteiger partial charge in [0.25, 0.3) is 0 Å². The lowest BCUT2D eigenvalue weighted by Crippen LogP contribution is -2.24. The van der Waals surface area contributed by atoms with E-state index in [9.17, 15) is 0 Å². The van der Waals surface area contributed by atoms with E-state index in [2.05, 4.69) is 24.0 Å². The number of nitrogens with two attached hydrogens (primary N) is 1. The molecular weight excluding hydrogens is 238 g/mol. The van der Waals surface area contributed by atoms with Crippen LogP contribution < -0.4 is 5.73 Å². The van der Waals surface area contributed by atoms with Crippen LogP contribution in [0.1, 0.15) is 76.4 Å². The molecule has 1 fully saturated rings. The molecule has 1 saturated carbocycles. The van der Waals surface area contributed by atoms with Gasteiger partial charge < -0.3 is 10.3 Å². The standard InChI is InChI=1S/C15H27N3O/c1-11(2)9-13(16)10-14-17-15(18-19-14)12-7-5-3-4-6-8-12/h11-13H,3-10,16H2,1-2H3. The fourth-order valence-corrected chi connectivity index (χ4v) is 2.97. The van der Waals surface area contributed by atoms with Gasteiger partial charge in [0.05, 0.1) is 0 Å². The summed E-state index contributed by atoms with van der Waals surface area (Å²) in [6.07, 6.45) is 9.40. The Morgan fingerprint density at radius 1 is 1.21 bits per heavy atom. The molecule has 0 aromatic carbocycles. The first-order chi connectivity index (χ1) is 9.15. The predicted molar refractivity (Wildman–Crippen MR) is 75.9 cm³/mol. The topological polar surface area (TPSA) is 64.9 Å². The maximum Gasteiger partial charge on any atom is 0.228 e. The minimum atomic E-state index is 0.127. The van der Waals surface area contributed by atoms with Crippen molar-refractivity contribution in [1.82, 2.24) is 10.1 Å². The Kier molecular flexibility index (Phi) is 5.37. The van der Waals surface area contributed by atoms with Gasteiger partial charge in [-0.2, -0.15) is 4.98 Å². The molecule has 1 aromatic heterocycles. The average Bonchev–Trinajstić information content (AvgIpc) is 2.63. The molecule has 1 atom stereocenters. The lowest BCUT2D eigenvalue weighted by molar-refractivity contribution is 0.351. The third-order valence-corrected chi connectivity index (χ3v) is 3.92. The Bertz CT molecular complexity index is 367. The van der Waals surface area contributed by atoms with Gasteiger partial charge in [-0.3, -0.25) is 0 Å². The Hall–Kier alpha value is -0.900. The Labute approximate surface area is 116 Å². The van der Waals surface area contributed by atoms with Gasteiger partial charge in [-0.15, -0.1) is 0 Å². The summed E-state index contributed by atoms with van der Waals surface area (Å²) in [5.74, 6) is 2.74. The molecule has 1 aliphatic carbocycles. The summed E-state index contributed by atoms with van der Waals surface area (Å²) in [6, 6.07) is 0.127. The molecule has 0 saturated heterocycles. The van der Waals surface area contributed by atoms with Crippen molar-refractivity contribution in [2.45, 2.75) is 77.2 Å². The van der Waals surface area contributed by atoms with E-state index in [0.717, 1.165) is 12.2 Å². The SMILES string of the molecule is CC(C)CC(N)Cc1nc(C2CCCCCC2)no1. The largest absolute Gasteiger partial charge is 0.339 e. The van der Waals surface area contributed by atoms with Crippen LogP contribution in [0.3, 0.4) is 0 Å². The normalized spacial score (nSPS) is 19.6. The number of hydrogen-bond donors (Lipinski definition) is 1. The second-order valence-electron chi connectivity index (χ2n) is 6.33. The molecule has 0 amide bonds. The summed E-state index contributed by atoms with van der Waals surface area (Å²) in [4.78, 5) is 4.57. The van der Waals surface area contributed by atoms with Crippen LogP contribution in [-0.2, 0) is 6.42 Å². The van der Waals surface area contributed by atoms with Crippen molar-refractivity contribution in [2.75, 3.05) is 0 Å². The van der Waals surface area contributed by atoms with Crippen molar-refractivity contribution in [1.29, 1.82) is 0 Å². The summed E-state index contributed by atoms with van der Waals surface area (Å²) >= 11 is 0. The van der Waals surface area contributed by atoms with Crippen molar-refractivity contribution in [3.05, 3.63) is 11.7 Å². The van der Waals surface area contributed by atoms with Crippen molar-refractivity contribution in [3.8, 4) is 0 Å². The molecule has 1 heterocycles. The van der Waals surface area contributed by atoms with Crippen molar-refractivity contribution in [3.63, 3.8) is 0 Å². The fourth-order valence-electron chi connectivity index (χ4n) is 2.97. The maximum atomic E-state index is 6.09. The zero-order chi connectivity index (χ0) is 13.7. The van der Waals surface area contributed by atoms with Gasteiger partial charge in [0.2, 0.25) is 5.89 Å². The van der Waals surface area contributed by atoms with Crippen LogP contribution in [0.25, 0.3) is 0 Å². The summed E-state index contributed by atoms with van der Waals surface area (Å²) < 4.78 is 5.37. The van der Waals surface area contributed by atoms with Crippen LogP contribution in [0.15, 0.2) is 4.52 Å². The molecule has 0 aliphatic heterocycles. The van der Waals surface area contributed by atoms with E-state index in [1.165, 1.54) is 38.5 Å². The Morgan fingerprint density at radius 2 is 1.89 bits per heavy atom. The zero-order valence-electron chi connectivity index (χ0n) is 12.3. The van der Waals surface area contributed by atoms with E-state index in [1.807, 2.05) is 0 Å². The highest BCUT2D eigenvalue weighted by Gasteiger charge is 2.20. The van der Waals surface area contributed by atoms with Gasteiger partial charge in [0.15, 0.2) is 5.82 Å². The first-order valence-electron chi connectivity index (χ1n) is 7.73. The highest BCUT2D eigenvalue weighted by molar-refractivity contribution is 4.97. The predicted octanol–water partition coefficient (Wildman–Crippen LogP) is 3.42. The molecule has 1 aromatic rings. The molecule has 0 spiro atoms. The van der Waals surface area contributed by atoms with Crippen molar-refractivity contribution >= 4 is 0 Å². The molecule has 0 radical (unpaired) electrons. The summed E-state index contributed by atoms with van der Waals surface area (Å²) in [5, 5.41) is 4.17. The van der Waals surface area contributed by atoms with Gasteiger partial charge in [-0.1, -0.05) is 44.7 Å². The second-order valence-corrected chi connectivity index (χ2v) is 6.33. The third-order valence-electron chi connectivity index (χ3n) is 3.92. The minimum Gasteiger partial charge on any atom is -0.339 e. The smallest absolute Gasteiger partial charge is 0.228 e. The van der Waals surface area contributed by atoms with E-state index in [1.54, 1.807) is 0 Å². The molecule has 19 heavy (non-hydrogen) atoms. The molecule has 108 valence electrons. The van der Waals surface area contributed by atoms with E-state index >= 15 is 0 Å². The average molecular weight is 265 g/mol. The van der Waals surface area contributed by atoms with Crippen LogP contribution in [0.2, 0.25) is 0 Å². The lowest BCUT2D eigenvalue weighted by Gasteiger charge is -2.11. The minimum absolute atomic E-state index is 0.127. The van der Waals surface area contributed by atoms with Crippen LogP contribution in [0.5, 0.6) is 0 Å². The van der Waals surface area contributed by atoms with Crippen molar-refractivity contribution in [2.24, 2.45) is 11.7 Å². The lowest BCUT2D eigenvalue weighted by atomic mass is 10.00.